The van der Waals surface area contributed by atoms with E-state index in [0.717, 1.165) is 0 Å². The average Bonchev–Trinajstić information content (AvgIpc) is 2.48. The number of benzene rings is 1. The maximum atomic E-state index is 12.5. The lowest BCUT2D eigenvalue weighted by Gasteiger charge is -2.29. The van der Waals surface area contributed by atoms with Gasteiger partial charge in [-0.3, -0.25) is 30.7 Å². The molecule has 10 heteroatoms. The molecule has 1 aromatic rings. The standard InChI is InChI=1S/C14H19ClN6O3/c1-20-8-12(23)19-21(2)13(9-3-5-10(15)6-4-9)14(24)17-16-7-11(22)18-20/h3-6,13,16H,7-8H2,1-2H3,(H,17,24)(H,18,22)(H,19,23). The van der Waals surface area contributed by atoms with E-state index in [1.807, 2.05) is 0 Å². The zero-order valence-corrected chi connectivity index (χ0v) is 14.1. The number of rotatable bonds is 1. The number of hydrazine groups is 3. The smallest absolute Gasteiger partial charge is 0.257 e. The maximum absolute atomic E-state index is 12.5. The Kier molecular flexibility index (Phi) is 6.10. The molecule has 9 nitrogen and oxygen atoms in total. The summed E-state index contributed by atoms with van der Waals surface area (Å²) in [4.78, 5) is 36.2. The van der Waals surface area contributed by atoms with E-state index in [1.165, 1.54) is 10.0 Å². The molecule has 0 radical (unpaired) electrons. The van der Waals surface area contributed by atoms with Gasteiger partial charge in [0.15, 0.2) is 0 Å². The molecule has 1 aliphatic heterocycles. The maximum Gasteiger partial charge on any atom is 0.257 e. The molecular formula is C14H19ClN6O3. The number of nitrogens with zero attached hydrogens (tertiary/aromatic N) is 2. The first-order valence-corrected chi connectivity index (χ1v) is 7.55. The topological polar surface area (TPSA) is 106 Å². The zero-order chi connectivity index (χ0) is 17.7. The zero-order valence-electron chi connectivity index (χ0n) is 13.3. The van der Waals surface area contributed by atoms with Crippen LogP contribution >= 0.6 is 11.6 Å². The lowest BCUT2D eigenvalue weighted by atomic mass is 10.1. The minimum absolute atomic E-state index is 0.0644. The van der Waals surface area contributed by atoms with Crippen LogP contribution in [0.2, 0.25) is 5.02 Å². The number of carbonyl (C=O) groups is 3. The second-order valence-corrected chi connectivity index (χ2v) is 5.77. The predicted molar refractivity (Wildman–Crippen MR) is 87.0 cm³/mol. The molecule has 1 unspecified atom stereocenters. The summed E-state index contributed by atoms with van der Waals surface area (Å²) in [5, 5.41) is 3.30. The van der Waals surface area contributed by atoms with Crippen LogP contribution in [0.1, 0.15) is 11.6 Å². The molecule has 2 rings (SSSR count). The first-order valence-electron chi connectivity index (χ1n) is 7.18. The van der Waals surface area contributed by atoms with Crippen LogP contribution in [-0.4, -0.2) is 54.9 Å². The second-order valence-electron chi connectivity index (χ2n) is 5.33. The van der Waals surface area contributed by atoms with Crippen molar-refractivity contribution in [1.29, 1.82) is 0 Å². The third kappa shape index (κ3) is 4.90. The molecule has 1 heterocycles. The molecule has 1 saturated heterocycles. The number of amides is 3. The van der Waals surface area contributed by atoms with E-state index in [4.69, 9.17) is 11.6 Å². The minimum Gasteiger partial charge on any atom is -0.289 e. The number of carbonyl (C=O) groups excluding carboxylic acids is 3. The summed E-state index contributed by atoms with van der Waals surface area (Å²) in [6.07, 6.45) is 0. The average molecular weight is 355 g/mol. The molecule has 0 bridgehead atoms. The van der Waals surface area contributed by atoms with Gasteiger partial charge in [-0.2, -0.15) is 0 Å². The number of hydrogen-bond donors (Lipinski definition) is 4. The largest absolute Gasteiger partial charge is 0.289 e. The SMILES string of the molecule is CN1CC(=O)NN(C)C(c2ccc(Cl)cc2)C(=O)NNCC(=O)N1. The summed E-state index contributed by atoms with van der Waals surface area (Å²) < 4.78 is 0. The van der Waals surface area contributed by atoms with Crippen LogP contribution in [0.5, 0.6) is 0 Å². The lowest BCUT2D eigenvalue weighted by Crippen LogP contribution is -2.56. The van der Waals surface area contributed by atoms with E-state index < -0.39 is 11.9 Å². The van der Waals surface area contributed by atoms with E-state index in [2.05, 4.69) is 21.7 Å². The Morgan fingerprint density at radius 2 is 1.71 bits per heavy atom. The van der Waals surface area contributed by atoms with Crippen molar-refractivity contribution >= 4 is 29.3 Å². The van der Waals surface area contributed by atoms with Gasteiger partial charge in [0, 0.05) is 19.1 Å². The summed E-state index contributed by atoms with van der Waals surface area (Å²) in [7, 11) is 3.15. The number of hydrogen-bond acceptors (Lipinski definition) is 6. The minimum atomic E-state index is -0.800. The fraction of sp³-hybridized carbons (Fsp3) is 0.357. The highest BCUT2D eigenvalue weighted by molar-refractivity contribution is 6.30. The summed E-state index contributed by atoms with van der Waals surface area (Å²) in [5.74, 6) is -1.19. The Bertz CT molecular complexity index is 623. The molecule has 0 spiro atoms. The summed E-state index contributed by atoms with van der Waals surface area (Å²) in [6, 6.07) is 5.90. The predicted octanol–water partition coefficient (Wildman–Crippen LogP) is -1.06. The van der Waals surface area contributed by atoms with Gasteiger partial charge in [0.2, 0.25) is 11.8 Å². The molecule has 130 valence electrons. The molecule has 1 fully saturated rings. The summed E-state index contributed by atoms with van der Waals surface area (Å²) in [6.45, 7) is -0.195. The quantitative estimate of drug-likeness (QED) is 0.512. The third-order valence-corrected chi connectivity index (χ3v) is 3.53. The number of nitrogens with one attached hydrogen (secondary N) is 4. The van der Waals surface area contributed by atoms with Crippen LogP contribution in [0.4, 0.5) is 0 Å². The molecule has 1 atom stereocenters. The van der Waals surface area contributed by atoms with E-state index in [-0.39, 0.29) is 24.9 Å². The van der Waals surface area contributed by atoms with Crippen molar-refractivity contribution in [2.45, 2.75) is 6.04 Å². The Labute approximate surface area is 144 Å². The van der Waals surface area contributed by atoms with Crippen molar-refractivity contribution in [2.24, 2.45) is 0 Å². The van der Waals surface area contributed by atoms with Gasteiger partial charge >= 0.3 is 0 Å². The normalized spacial score (nSPS) is 22.0. The Morgan fingerprint density at radius 1 is 1.04 bits per heavy atom. The van der Waals surface area contributed by atoms with E-state index >= 15 is 0 Å². The van der Waals surface area contributed by atoms with Crippen molar-refractivity contribution in [1.82, 2.24) is 31.7 Å². The molecule has 0 aromatic heterocycles. The molecule has 0 aliphatic carbocycles. The van der Waals surface area contributed by atoms with Gasteiger partial charge in [-0.15, -0.1) is 0 Å². The van der Waals surface area contributed by atoms with Crippen LogP contribution in [0, 0.1) is 0 Å². The summed E-state index contributed by atoms with van der Waals surface area (Å²) in [5.41, 5.74) is 10.8. The fourth-order valence-corrected chi connectivity index (χ4v) is 2.41. The Balaban J connectivity index is 2.25. The molecule has 0 saturated carbocycles. The van der Waals surface area contributed by atoms with Gasteiger partial charge in [0.25, 0.3) is 5.91 Å². The summed E-state index contributed by atoms with van der Waals surface area (Å²) >= 11 is 5.88. The molecule has 3 amide bonds. The number of likely N-dealkylation sites (N-methyl/N-ethyl adjacent to an activating group) is 2. The van der Waals surface area contributed by atoms with Crippen molar-refractivity contribution in [3.05, 3.63) is 34.9 Å². The van der Waals surface area contributed by atoms with Crippen LogP contribution in [0.15, 0.2) is 24.3 Å². The van der Waals surface area contributed by atoms with Crippen molar-refractivity contribution < 1.29 is 14.4 Å². The highest BCUT2D eigenvalue weighted by atomic mass is 35.5. The highest BCUT2D eigenvalue weighted by Crippen LogP contribution is 2.20. The Hall–Kier alpha value is -2.20. The van der Waals surface area contributed by atoms with E-state index in [0.29, 0.717) is 10.6 Å². The van der Waals surface area contributed by atoms with Gasteiger partial charge < -0.3 is 0 Å². The number of halogens is 1. The van der Waals surface area contributed by atoms with E-state index in [1.54, 1.807) is 38.4 Å². The molecular weight excluding hydrogens is 336 g/mol. The monoisotopic (exact) mass is 354 g/mol. The van der Waals surface area contributed by atoms with Gasteiger partial charge in [-0.25, -0.2) is 15.4 Å². The van der Waals surface area contributed by atoms with Crippen LogP contribution in [-0.2, 0) is 14.4 Å². The fourth-order valence-electron chi connectivity index (χ4n) is 2.28. The first kappa shape index (κ1) is 18.1. The van der Waals surface area contributed by atoms with Crippen molar-refractivity contribution in [3.63, 3.8) is 0 Å². The van der Waals surface area contributed by atoms with Crippen LogP contribution in [0.3, 0.4) is 0 Å². The Morgan fingerprint density at radius 3 is 2.38 bits per heavy atom. The van der Waals surface area contributed by atoms with Gasteiger partial charge in [-0.05, 0) is 17.7 Å². The van der Waals surface area contributed by atoms with Gasteiger partial charge in [0.05, 0.1) is 13.1 Å². The first-order chi connectivity index (χ1) is 11.4. The molecule has 1 aliphatic rings. The van der Waals surface area contributed by atoms with E-state index in [9.17, 15) is 14.4 Å². The lowest BCUT2D eigenvalue weighted by molar-refractivity contribution is -0.135. The van der Waals surface area contributed by atoms with Crippen LogP contribution < -0.4 is 21.7 Å². The molecule has 4 N–H and O–H groups in total. The van der Waals surface area contributed by atoms with Crippen molar-refractivity contribution in [2.75, 3.05) is 27.2 Å². The molecule has 1 aromatic carbocycles. The second kappa shape index (κ2) is 8.06. The highest BCUT2D eigenvalue weighted by Gasteiger charge is 2.27. The molecule has 24 heavy (non-hydrogen) atoms. The third-order valence-electron chi connectivity index (χ3n) is 3.28. The van der Waals surface area contributed by atoms with Crippen molar-refractivity contribution in [3.8, 4) is 0 Å². The van der Waals surface area contributed by atoms with Gasteiger partial charge in [0.1, 0.15) is 6.04 Å². The van der Waals surface area contributed by atoms with Gasteiger partial charge in [-0.1, -0.05) is 23.7 Å². The van der Waals surface area contributed by atoms with Crippen LogP contribution in [0.25, 0.3) is 0 Å².